The van der Waals surface area contributed by atoms with Gasteiger partial charge < -0.3 is 14.3 Å². The molecule has 0 atom stereocenters. The molecule has 5 nitrogen and oxygen atoms in total. The maximum Gasteiger partial charge on any atom is 0.219 e. The van der Waals surface area contributed by atoms with E-state index in [4.69, 9.17) is 14.3 Å². The molecule has 0 amide bonds. The van der Waals surface area contributed by atoms with Crippen LogP contribution < -0.4 is 4.74 Å². The molecule has 0 aliphatic rings. The van der Waals surface area contributed by atoms with Gasteiger partial charge in [-0.2, -0.15) is 0 Å². The van der Waals surface area contributed by atoms with Gasteiger partial charge in [-0.1, -0.05) is 36.4 Å². The van der Waals surface area contributed by atoms with E-state index in [0.29, 0.717) is 31.2 Å². The number of ether oxygens (including phenoxy) is 1. The smallest absolute Gasteiger partial charge is 0.219 e. The zero-order valence-electron chi connectivity index (χ0n) is 11.5. The van der Waals surface area contributed by atoms with Crippen LogP contribution in [-0.4, -0.2) is 28.5 Å². The SMILES string of the molecule is OCCc1nnc(CCOc2cccc3ccccc23)o1. The number of aromatic nitrogens is 2. The highest BCUT2D eigenvalue weighted by atomic mass is 16.5. The summed E-state index contributed by atoms with van der Waals surface area (Å²) in [5.41, 5.74) is 0. The molecule has 0 saturated carbocycles. The highest BCUT2D eigenvalue weighted by Crippen LogP contribution is 2.25. The molecule has 0 aliphatic heterocycles. The third kappa shape index (κ3) is 3.20. The fourth-order valence-corrected chi connectivity index (χ4v) is 2.16. The first kappa shape index (κ1) is 13.6. The summed E-state index contributed by atoms with van der Waals surface area (Å²) in [6.07, 6.45) is 0.929. The van der Waals surface area contributed by atoms with Gasteiger partial charge in [-0.25, -0.2) is 0 Å². The molecule has 5 heteroatoms. The van der Waals surface area contributed by atoms with E-state index in [1.54, 1.807) is 0 Å². The summed E-state index contributed by atoms with van der Waals surface area (Å²) in [4.78, 5) is 0. The highest BCUT2D eigenvalue weighted by molar-refractivity contribution is 5.88. The van der Waals surface area contributed by atoms with Crippen molar-refractivity contribution >= 4 is 10.8 Å². The largest absolute Gasteiger partial charge is 0.492 e. The minimum Gasteiger partial charge on any atom is -0.492 e. The first-order chi connectivity index (χ1) is 10.4. The van der Waals surface area contributed by atoms with Crippen molar-refractivity contribution in [2.45, 2.75) is 12.8 Å². The molecule has 0 aliphatic carbocycles. The summed E-state index contributed by atoms with van der Waals surface area (Å²) in [7, 11) is 0. The Labute approximate surface area is 122 Å². The molecule has 0 fully saturated rings. The summed E-state index contributed by atoms with van der Waals surface area (Å²) in [6.45, 7) is 0.475. The molecule has 0 radical (unpaired) electrons. The molecule has 0 spiro atoms. The van der Waals surface area contributed by atoms with E-state index in [0.717, 1.165) is 16.5 Å². The fraction of sp³-hybridized carbons (Fsp3) is 0.250. The molecule has 1 N–H and O–H groups in total. The number of aliphatic hydroxyl groups excluding tert-OH is 1. The van der Waals surface area contributed by atoms with E-state index in [9.17, 15) is 0 Å². The predicted molar refractivity (Wildman–Crippen MR) is 78.2 cm³/mol. The average molecular weight is 284 g/mol. The minimum atomic E-state index is 0.00807. The number of aliphatic hydroxyl groups is 1. The number of benzene rings is 2. The molecule has 21 heavy (non-hydrogen) atoms. The van der Waals surface area contributed by atoms with Crippen molar-refractivity contribution in [1.82, 2.24) is 10.2 Å². The normalized spacial score (nSPS) is 10.9. The van der Waals surface area contributed by atoms with Crippen LogP contribution in [0.2, 0.25) is 0 Å². The topological polar surface area (TPSA) is 68.4 Å². The van der Waals surface area contributed by atoms with Crippen molar-refractivity contribution in [2.75, 3.05) is 13.2 Å². The predicted octanol–water partition coefficient (Wildman–Crippen LogP) is 2.38. The van der Waals surface area contributed by atoms with Crippen LogP contribution in [0.3, 0.4) is 0 Å². The average Bonchev–Trinajstić information content (AvgIpc) is 2.96. The van der Waals surface area contributed by atoms with Gasteiger partial charge in [-0.3, -0.25) is 0 Å². The van der Waals surface area contributed by atoms with E-state index in [1.165, 1.54) is 0 Å². The zero-order valence-corrected chi connectivity index (χ0v) is 11.5. The number of hydrogen-bond acceptors (Lipinski definition) is 5. The zero-order chi connectivity index (χ0) is 14.5. The standard InChI is InChI=1S/C16H16N2O3/c19-10-8-15-17-18-16(21-15)9-11-20-14-7-3-5-12-4-1-2-6-13(12)14/h1-7,19H,8-11H2. The molecule has 2 aromatic carbocycles. The maximum absolute atomic E-state index is 8.80. The summed E-state index contributed by atoms with van der Waals surface area (Å²) in [5, 5.41) is 18.8. The Morgan fingerprint density at radius 2 is 1.71 bits per heavy atom. The summed E-state index contributed by atoms with van der Waals surface area (Å²) >= 11 is 0. The van der Waals surface area contributed by atoms with E-state index in [2.05, 4.69) is 22.3 Å². The number of rotatable bonds is 6. The third-order valence-corrected chi connectivity index (χ3v) is 3.16. The van der Waals surface area contributed by atoms with Gasteiger partial charge in [0.2, 0.25) is 11.8 Å². The van der Waals surface area contributed by atoms with E-state index >= 15 is 0 Å². The van der Waals surface area contributed by atoms with Crippen LogP contribution in [0.4, 0.5) is 0 Å². The third-order valence-electron chi connectivity index (χ3n) is 3.16. The van der Waals surface area contributed by atoms with Crippen LogP contribution in [0.1, 0.15) is 11.8 Å². The molecule has 0 unspecified atom stereocenters. The van der Waals surface area contributed by atoms with Gasteiger partial charge in [-0.05, 0) is 11.5 Å². The molecule has 1 aromatic heterocycles. The molecule has 0 saturated heterocycles. The van der Waals surface area contributed by atoms with Crippen LogP contribution in [0.25, 0.3) is 10.8 Å². The second kappa shape index (κ2) is 6.37. The van der Waals surface area contributed by atoms with E-state index < -0.39 is 0 Å². The van der Waals surface area contributed by atoms with Gasteiger partial charge in [0.15, 0.2) is 0 Å². The number of hydrogen-bond donors (Lipinski definition) is 1. The van der Waals surface area contributed by atoms with Crippen molar-refractivity contribution < 1.29 is 14.3 Å². The first-order valence-electron chi connectivity index (χ1n) is 6.89. The molecule has 0 bridgehead atoms. The number of nitrogens with zero attached hydrogens (tertiary/aromatic N) is 2. The molecule has 3 rings (SSSR count). The Bertz CT molecular complexity index is 719. The van der Waals surface area contributed by atoms with Crippen molar-refractivity contribution in [3.05, 3.63) is 54.2 Å². The molecular formula is C16H16N2O3. The Morgan fingerprint density at radius 1 is 0.952 bits per heavy atom. The van der Waals surface area contributed by atoms with E-state index in [1.807, 2.05) is 30.3 Å². The van der Waals surface area contributed by atoms with Crippen molar-refractivity contribution in [3.63, 3.8) is 0 Å². The molecule has 3 aromatic rings. The van der Waals surface area contributed by atoms with Crippen LogP contribution in [0, 0.1) is 0 Å². The first-order valence-corrected chi connectivity index (χ1v) is 6.89. The van der Waals surface area contributed by atoms with Crippen LogP contribution in [0.15, 0.2) is 46.9 Å². The lowest BCUT2D eigenvalue weighted by Gasteiger charge is -2.08. The van der Waals surface area contributed by atoms with Gasteiger partial charge in [0, 0.05) is 11.8 Å². The lowest BCUT2D eigenvalue weighted by molar-refractivity contribution is 0.278. The Balaban J connectivity index is 1.63. The van der Waals surface area contributed by atoms with Crippen molar-refractivity contribution in [3.8, 4) is 5.75 Å². The van der Waals surface area contributed by atoms with Gasteiger partial charge in [0.1, 0.15) is 5.75 Å². The van der Waals surface area contributed by atoms with Gasteiger partial charge in [-0.15, -0.1) is 10.2 Å². The lowest BCUT2D eigenvalue weighted by Crippen LogP contribution is -2.02. The number of fused-ring (bicyclic) bond motifs is 1. The van der Waals surface area contributed by atoms with Gasteiger partial charge in [0.25, 0.3) is 0 Å². The monoisotopic (exact) mass is 284 g/mol. The Hall–Kier alpha value is -2.40. The second-order valence-corrected chi connectivity index (χ2v) is 4.64. The fourth-order valence-electron chi connectivity index (χ4n) is 2.16. The van der Waals surface area contributed by atoms with Crippen LogP contribution >= 0.6 is 0 Å². The lowest BCUT2D eigenvalue weighted by atomic mass is 10.1. The Kier molecular flexibility index (Phi) is 4.12. The molecule has 108 valence electrons. The van der Waals surface area contributed by atoms with Crippen LogP contribution in [0.5, 0.6) is 5.75 Å². The van der Waals surface area contributed by atoms with Crippen molar-refractivity contribution in [1.29, 1.82) is 0 Å². The Morgan fingerprint density at radius 3 is 2.57 bits per heavy atom. The maximum atomic E-state index is 8.80. The summed E-state index contributed by atoms with van der Waals surface area (Å²) < 4.78 is 11.2. The van der Waals surface area contributed by atoms with E-state index in [-0.39, 0.29) is 6.61 Å². The van der Waals surface area contributed by atoms with Gasteiger partial charge in [0.05, 0.1) is 19.6 Å². The van der Waals surface area contributed by atoms with Crippen molar-refractivity contribution in [2.24, 2.45) is 0 Å². The minimum absolute atomic E-state index is 0.00807. The quantitative estimate of drug-likeness (QED) is 0.752. The molecular weight excluding hydrogens is 268 g/mol. The summed E-state index contributed by atoms with van der Waals surface area (Å²) in [6, 6.07) is 14.1. The summed E-state index contributed by atoms with van der Waals surface area (Å²) in [5.74, 6) is 1.83. The second-order valence-electron chi connectivity index (χ2n) is 4.64. The highest BCUT2D eigenvalue weighted by Gasteiger charge is 2.06. The van der Waals surface area contributed by atoms with Crippen LogP contribution in [-0.2, 0) is 12.8 Å². The van der Waals surface area contributed by atoms with Gasteiger partial charge >= 0.3 is 0 Å². The molecule has 1 heterocycles.